The Balaban J connectivity index is 2.34. The molecule has 128 valence electrons. The largest absolute Gasteiger partial charge is 0.391 e. The van der Waals surface area contributed by atoms with Gasteiger partial charge in [0.05, 0.1) is 11.0 Å². The molecule has 8 nitrogen and oxygen atoms in total. The van der Waals surface area contributed by atoms with Gasteiger partial charge >= 0.3 is 5.69 Å². The van der Waals surface area contributed by atoms with Gasteiger partial charge in [-0.15, -0.1) is 0 Å². The van der Waals surface area contributed by atoms with Gasteiger partial charge in [0.15, 0.2) is 0 Å². The molecule has 8 heteroatoms. The van der Waals surface area contributed by atoms with Crippen LogP contribution in [0.1, 0.15) is 29.4 Å². The molecule has 0 aliphatic heterocycles. The van der Waals surface area contributed by atoms with Crippen LogP contribution in [0.4, 0.5) is 5.69 Å². The number of hydrogen-bond donors (Lipinski definition) is 1. The molecule has 1 atom stereocenters. The minimum absolute atomic E-state index is 0.0898. The Labute approximate surface area is 139 Å². The molecule has 2 rings (SSSR count). The standard InChI is InChI=1S/C16H20N4O4/c1-3-13(21)11-19(10-12-7-5-4-6-8-12)16(22)15-14(20(23)24)9-17-18(15)2/h4-9,13,21H,3,10-11H2,1-2H3. The molecule has 2 aromatic rings. The van der Waals surface area contributed by atoms with Crippen LogP contribution < -0.4 is 0 Å². The molecule has 0 fully saturated rings. The molecule has 1 unspecified atom stereocenters. The van der Waals surface area contributed by atoms with E-state index in [1.54, 1.807) is 0 Å². The molecule has 0 saturated heterocycles. The molecular formula is C16H20N4O4. The number of carbonyl (C=O) groups is 1. The summed E-state index contributed by atoms with van der Waals surface area (Å²) < 4.78 is 1.19. The van der Waals surface area contributed by atoms with Crippen molar-refractivity contribution in [2.24, 2.45) is 7.05 Å². The fourth-order valence-corrected chi connectivity index (χ4v) is 2.36. The lowest BCUT2D eigenvalue weighted by molar-refractivity contribution is -0.385. The van der Waals surface area contributed by atoms with Gasteiger partial charge in [0, 0.05) is 20.1 Å². The van der Waals surface area contributed by atoms with Gasteiger partial charge in [-0.3, -0.25) is 19.6 Å². The van der Waals surface area contributed by atoms with E-state index in [9.17, 15) is 20.0 Å². The normalized spacial score (nSPS) is 12.0. The zero-order chi connectivity index (χ0) is 17.7. The first kappa shape index (κ1) is 17.6. The zero-order valence-electron chi connectivity index (χ0n) is 13.6. The lowest BCUT2D eigenvalue weighted by Gasteiger charge is -2.25. The number of rotatable bonds is 7. The third-order valence-electron chi connectivity index (χ3n) is 3.72. The number of aromatic nitrogens is 2. The van der Waals surface area contributed by atoms with Crippen LogP contribution in [-0.2, 0) is 13.6 Å². The molecule has 1 aromatic carbocycles. The van der Waals surface area contributed by atoms with Gasteiger partial charge in [-0.1, -0.05) is 37.3 Å². The zero-order valence-corrected chi connectivity index (χ0v) is 13.6. The molecule has 1 amide bonds. The van der Waals surface area contributed by atoms with Crippen molar-refractivity contribution in [1.82, 2.24) is 14.7 Å². The third-order valence-corrected chi connectivity index (χ3v) is 3.72. The summed E-state index contributed by atoms with van der Waals surface area (Å²) in [6, 6.07) is 9.27. The van der Waals surface area contributed by atoms with Crippen molar-refractivity contribution in [1.29, 1.82) is 0 Å². The summed E-state index contributed by atoms with van der Waals surface area (Å²) in [6.45, 7) is 2.15. The second-order valence-corrected chi connectivity index (χ2v) is 5.49. The summed E-state index contributed by atoms with van der Waals surface area (Å²) in [7, 11) is 1.48. The van der Waals surface area contributed by atoms with Crippen molar-refractivity contribution in [3.05, 3.63) is 57.9 Å². The highest BCUT2D eigenvalue weighted by molar-refractivity contribution is 5.96. The van der Waals surface area contributed by atoms with Gasteiger partial charge in [0.1, 0.15) is 6.20 Å². The van der Waals surface area contributed by atoms with E-state index in [-0.39, 0.29) is 24.5 Å². The Bertz CT molecular complexity index is 714. The number of nitro groups is 1. The number of aryl methyl sites for hydroxylation is 1. The first-order chi connectivity index (χ1) is 11.4. The van der Waals surface area contributed by atoms with E-state index in [1.807, 2.05) is 37.3 Å². The topological polar surface area (TPSA) is 102 Å². The number of aliphatic hydroxyl groups is 1. The van der Waals surface area contributed by atoms with Crippen LogP contribution in [-0.4, -0.2) is 43.3 Å². The van der Waals surface area contributed by atoms with Gasteiger partial charge in [0.2, 0.25) is 5.69 Å². The number of amides is 1. The summed E-state index contributed by atoms with van der Waals surface area (Å²) in [5.74, 6) is -0.530. The van der Waals surface area contributed by atoms with Crippen LogP contribution in [0.3, 0.4) is 0 Å². The van der Waals surface area contributed by atoms with Crippen molar-refractivity contribution >= 4 is 11.6 Å². The van der Waals surface area contributed by atoms with E-state index < -0.39 is 16.9 Å². The van der Waals surface area contributed by atoms with Gasteiger partial charge in [0.25, 0.3) is 5.91 Å². The van der Waals surface area contributed by atoms with E-state index in [2.05, 4.69) is 5.10 Å². The Morgan fingerprint density at radius 2 is 2.08 bits per heavy atom. The predicted molar refractivity (Wildman–Crippen MR) is 87.3 cm³/mol. The first-order valence-electron chi connectivity index (χ1n) is 7.61. The fraction of sp³-hybridized carbons (Fsp3) is 0.375. The quantitative estimate of drug-likeness (QED) is 0.615. The Morgan fingerprint density at radius 3 is 2.67 bits per heavy atom. The minimum atomic E-state index is -0.704. The van der Waals surface area contributed by atoms with Gasteiger partial charge in [-0.05, 0) is 12.0 Å². The molecule has 0 radical (unpaired) electrons. The molecule has 0 bridgehead atoms. The Hall–Kier alpha value is -2.74. The van der Waals surface area contributed by atoms with E-state index in [0.29, 0.717) is 6.42 Å². The minimum Gasteiger partial charge on any atom is -0.391 e. The molecule has 1 heterocycles. The first-order valence-corrected chi connectivity index (χ1v) is 7.61. The van der Waals surface area contributed by atoms with Crippen molar-refractivity contribution in [3.8, 4) is 0 Å². The van der Waals surface area contributed by atoms with E-state index >= 15 is 0 Å². The van der Waals surface area contributed by atoms with Crippen molar-refractivity contribution < 1.29 is 14.8 Å². The smallest absolute Gasteiger partial charge is 0.320 e. The summed E-state index contributed by atoms with van der Waals surface area (Å²) in [4.78, 5) is 24.8. The summed E-state index contributed by atoms with van der Waals surface area (Å²) in [5, 5.41) is 24.9. The molecule has 1 aromatic heterocycles. The number of carbonyl (C=O) groups excluding carboxylic acids is 1. The number of hydrogen-bond acceptors (Lipinski definition) is 5. The summed E-state index contributed by atoms with van der Waals surface area (Å²) >= 11 is 0. The second-order valence-electron chi connectivity index (χ2n) is 5.49. The lowest BCUT2D eigenvalue weighted by Crippen LogP contribution is -2.38. The monoisotopic (exact) mass is 332 g/mol. The Kier molecular flexibility index (Phi) is 5.64. The summed E-state index contributed by atoms with van der Waals surface area (Å²) in [5.41, 5.74) is 0.435. The number of aliphatic hydroxyl groups excluding tert-OH is 1. The fourth-order valence-electron chi connectivity index (χ4n) is 2.36. The Morgan fingerprint density at radius 1 is 1.42 bits per heavy atom. The molecule has 0 saturated carbocycles. The van der Waals surface area contributed by atoms with E-state index in [4.69, 9.17) is 0 Å². The van der Waals surface area contributed by atoms with Crippen molar-refractivity contribution in [2.45, 2.75) is 26.0 Å². The van der Waals surface area contributed by atoms with Crippen LogP contribution >= 0.6 is 0 Å². The highest BCUT2D eigenvalue weighted by atomic mass is 16.6. The SMILES string of the molecule is CCC(O)CN(Cc1ccccc1)C(=O)c1c([N+](=O)[O-])cnn1C. The second kappa shape index (κ2) is 7.69. The van der Waals surface area contributed by atoms with Crippen LogP contribution in [0.5, 0.6) is 0 Å². The molecule has 24 heavy (non-hydrogen) atoms. The highest BCUT2D eigenvalue weighted by Gasteiger charge is 2.30. The van der Waals surface area contributed by atoms with Crippen molar-refractivity contribution in [3.63, 3.8) is 0 Å². The van der Waals surface area contributed by atoms with Crippen LogP contribution in [0.2, 0.25) is 0 Å². The maximum atomic E-state index is 12.9. The van der Waals surface area contributed by atoms with E-state index in [1.165, 1.54) is 16.6 Å². The van der Waals surface area contributed by atoms with Gasteiger partial charge < -0.3 is 10.0 Å². The number of nitrogens with zero attached hydrogens (tertiary/aromatic N) is 4. The average Bonchev–Trinajstić information content (AvgIpc) is 2.96. The average molecular weight is 332 g/mol. The summed E-state index contributed by atoms with van der Waals surface area (Å²) in [6.07, 6.45) is 0.834. The van der Waals surface area contributed by atoms with Crippen molar-refractivity contribution in [2.75, 3.05) is 6.54 Å². The molecule has 0 spiro atoms. The van der Waals surface area contributed by atoms with Gasteiger partial charge in [-0.25, -0.2) is 0 Å². The molecule has 1 N–H and O–H groups in total. The van der Waals surface area contributed by atoms with E-state index in [0.717, 1.165) is 11.8 Å². The molecular weight excluding hydrogens is 312 g/mol. The number of benzene rings is 1. The maximum absolute atomic E-state index is 12.9. The maximum Gasteiger partial charge on any atom is 0.320 e. The van der Waals surface area contributed by atoms with Crippen LogP contribution in [0.15, 0.2) is 36.5 Å². The lowest BCUT2D eigenvalue weighted by atomic mass is 10.1. The van der Waals surface area contributed by atoms with Crippen LogP contribution in [0.25, 0.3) is 0 Å². The molecule has 0 aliphatic rings. The predicted octanol–water partition coefficient (Wildman–Crippen LogP) is 1.74. The molecule has 0 aliphatic carbocycles. The third kappa shape index (κ3) is 3.96. The van der Waals surface area contributed by atoms with Crippen LogP contribution in [0, 0.1) is 10.1 Å². The highest BCUT2D eigenvalue weighted by Crippen LogP contribution is 2.20. The van der Waals surface area contributed by atoms with Gasteiger partial charge in [-0.2, -0.15) is 5.10 Å².